The number of ether oxygens (including phenoxy) is 2. The molecule has 3 N–H and O–H groups in total. The molecule has 0 unspecified atom stereocenters. The lowest BCUT2D eigenvalue weighted by Gasteiger charge is -2.12. The van der Waals surface area contributed by atoms with Gasteiger partial charge < -0.3 is 29.8 Å². The van der Waals surface area contributed by atoms with E-state index < -0.39 is 0 Å². The first-order valence-electron chi connectivity index (χ1n) is 9.18. The standard InChI is InChI=1S/C20H28N4O4/c1-4-21-20(24-14-19(25)23-13-16-6-5-11-28-16)22-10-9-15-7-8-17(26-2)18(12-15)27-3/h5-8,11-12H,4,9-10,13-14H2,1-3H3,(H,23,25)(H2,21,22,24). The Labute approximate surface area is 165 Å². The summed E-state index contributed by atoms with van der Waals surface area (Å²) >= 11 is 0. The van der Waals surface area contributed by atoms with Crippen LogP contribution >= 0.6 is 0 Å². The Kier molecular flexibility index (Phi) is 8.71. The van der Waals surface area contributed by atoms with E-state index in [1.807, 2.05) is 31.2 Å². The van der Waals surface area contributed by atoms with Gasteiger partial charge in [0.05, 0.1) is 27.0 Å². The van der Waals surface area contributed by atoms with E-state index in [1.54, 1.807) is 26.5 Å². The highest BCUT2D eigenvalue weighted by atomic mass is 16.5. The van der Waals surface area contributed by atoms with Crippen molar-refractivity contribution in [1.29, 1.82) is 0 Å². The van der Waals surface area contributed by atoms with Crippen LogP contribution in [0.1, 0.15) is 18.2 Å². The third-order valence-corrected chi connectivity index (χ3v) is 3.92. The number of hydrogen-bond acceptors (Lipinski definition) is 5. The van der Waals surface area contributed by atoms with Gasteiger partial charge in [0.25, 0.3) is 0 Å². The molecule has 0 saturated carbocycles. The number of amides is 1. The van der Waals surface area contributed by atoms with Gasteiger partial charge in [-0.05, 0) is 43.2 Å². The van der Waals surface area contributed by atoms with Gasteiger partial charge in [0, 0.05) is 13.1 Å². The molecule has 1 amide bonds. The molecule has 0 aliphatic rings. The SMILES string of the molecule is CCNC(=NCC(=O)NCc1ccco1)NCCc1ccc(OC)c(OC)c1. The summed E-state index contributed by atoms with van der Waals surface area (Å²) in [6.07, 6.45) is 2.35. The molecule has 0 aliphatic carbocycles. The third kappa shape index (κ3) is 6.86. The number of nitrogens with zero attached hydrogens (tertiary/aromatic N) is 1. The predicted molar refractivity (Wildman–Crippen MR) is 108 cm³/mol. The number of guanidine groups is 1. The first-order valence-corrected chi connectivity index (χ1v) is 9.18. The van der Waals surface area contributed by atoms with Gasteiger partial charge in [-0.3, -0.25) is 4.79 Å². The summed E-state index contributed by atoms with van der Waals surface area (Å²) < 4.78 is 15.8. The summed E-state index contributed by atoms with van der Waals surface area (Å²) in [5.41, 5.74) is 1.11. The van der Waals surface area contributed by atoms with Gasteiger partial charge >= 0.3 is 0 Å². The summed E-state index contributed by atoms with van der Waals surface area (Å²) in [6.45, 7) is 3.73. The smallest absolute Gasteiger partial charge is 0.242 e. The largest absolute Gasteiger partial charge is 0.493 e. The number of furan rings is 1. The molecule has 1 aromatic heterocycles. The average molecular weight is 388 g/mol. The maximum absolute atomic E-state index is 11.9. The van der Waals surface area contributed by atoms with Gasteiger partial charge in [0.1, 0.15) is 12.3 Å². The molecule has 2 aromatic rings. The van der Waals surface area contributed by atoms with E-state index in [0.29, 0.717) is 42.9 Å². The van der Waals surface area contributed by atoms with Crippen LogP contribution in [0.5, 0.6) is 11.5 Å². The van der Waals surface area contributed by atoms with Gasteiger partial charge in [-0.15, -0.1) is 0 Å². The van der Waals surface area contributed by atoms with Gasteiger partial charge in [0.2, 0.25) is 5.91 Å². The number of carbonyl (C=O) groups excluding carboxylic acids is 1. The van der Waals surface area contributed by atoms with Crippen LogP contribution < -0.4 is 25.4 Å². The van der Waals surface area contributed by atoms with E-state index in [0.717, 1.165) is 12.0 Å². The van der Waals surface area contributed by atoms with Crippen LogP contribution in [0, 0.1) is 0 Å². The monoisotopic (exact) mass is 388 g/mol. The fourth-order valence-corrected chi connectivity index (χ4v) is 2.51. The normalized spacial score (nSPS) is 11.0. The van der Waals surface area contributed by atoms with E-state index in [-0.39, 0.29) is 12.5 Å². The van der Waals surface area contributed by atoms with Crippen molar-refractivity contribution in [3.8, 4) is 11.5 Å². The Morgan fingerprint density at radius 1 is 1.11 bits per heavy atom. The molecule has 152 valence electrons. The Hall–Kier alpha value is -3.16. The first kappa shape index (κ1) is 21.1. The predicted octanol–water partition coefficient (Wildman–Crippen LogP) is 1.71. The summed E-state index contributed by atoms with van der Waals surface area (Å²) in [6, 6.07) is 9.42. The lowest BCUT2D eigenvalue weighted by Crippen LogP contribution is -2.39. The molecule has 0 aliphatic heterocycles. The minimum atomic E-state index is -0.173. The van der Waals surface area contributed by atoms with Gasteiger partial charge in [-0.1, -0.05) is 6.07 Å². The molecule has 8 heteroatoms. The first-order chi connectivity index (χ1) is 13.7. The Balaban J connectivity index is 1.81. The van der Waals surface area contributed by atoms with Crippen molar-refractivity contribution in [3.63, 3.8) is 0 Å². The van der Waals surface area contributed by atoms with Crippen LogP contribution in [0.4, 0.5) is 0 Å². The maximum Gasteiger partial charge on any atom is 0.242 e. The van der Waals surface area contributed by atoms with Crippen molar-refractivity contribution in [3.05, 3.63) is 47.9 Å². The number of carbonyl (C=O) groups is 1. The Morgan fingerprint density at radius 2 is 1.93 bits per heavy atom. The second kappa shape index (κ2) is 11.5. The molecule has 0 saturated heterocycles. The van der Waals surface area contributed by atoms with Crippen LogP contribution in [0.3, 0.4) is 0 Å². The number of methoxy groups -OCH3 is 2. The van der Waals surface area contributed by atoms with Crippen molar-refractivity contribution in [2.24, 2.45) is 4.99 Å². The highest BCUT2D eigenvalue weighted by Gasteiger charge is 2.06. The summed E-state index contributed by atoms with van der Waals surface area (Å²) in [4.78, 5) is 16.2. The van der Waals surface area contributed by atoms with Gasteiger partial charge in [-0.2, -0.15) is 0 Å². The number of benzene rings is 1. The molecular weight excluding hydrogens is 360 g/mol. The van der Waals surface area contributed by atoms with Crippen molar-refractivity contribution in [1.82, 2.24) is 16.0 Å². The topological polar surface area (TPSA) is 97.1 Å². The second-order valence-electron chi connectivity index (χ2n) is 5.92. The van der Waals surface area contributed by atoms with Crippen LogP contribution in [0.2, 0.25) is 0 Å². The van der Waals surface area contributed by atoms with Crippen LogP contribution in [-0.4, -0.2) is 45.7 Å². The maximum atomic E-state index is 11.9. The highest BCUT2D eigenvalue weighted by molar-refractivity contribution is 5.84. The molecule has 0 atom stereocenters. The molecule has 0 spiro atoms. The van der Waals surface area contributed by atoms with Crippen LogP contribution in [0.15, 0.2) is 46.0 Å². The summed E-state index contributed by atoms with van der Waals surface area (Å²) in [7, 11) is 3.23. The van der Waals surface area contributed by atoms with Crippen molar-refractivity contribution < 1.29 is 18.7 Å². The second-order valence-corrected chi connectivity index (χ2v) is 5.92. The molecule has 1 aromatic carbocycles. The van der Waals surface area contributed by atoms with E-state index >= 15 is 0 Å². The van der Waals surface area contributed by atoms with Crippen LogP contribution in [-0.2, 0) is 17.8 Å². The zero-order valence-electron chi connectivity index (χ0n) is 16.6. The fraction of sp³-hybridized carbons (Fsp3) is 0.400. The number of hydrogen-bond donors (Lipinski definition) is 3. The zero-order chi connectivity index (χ0) is 20.2. The lowest BCUT2D eigenvalue weighted by atomic mass is 10.1. The minimum Gasteiger partial charge on any atom is -0.493 e. The van der Waals surface area contributed by atoms with Gasteiger partial charge in [-0.25, -0.2) is 4.99 Å². The van der Waals surface area contributed by atoms with Crippen molar-refractivity contribution in [2.75, 3.05) is 33.9 Å². The molecule has 28 heavy (non-hydrogen) atoms. The average Bonchev–Trinajstić information content (AvgIpc) is 3.24. The van der Waals surface area contributed by atoms with E-state index in [2.05, 4.69) is 20.9 Å². The number of aliphatic imine (C=N–C) groups is 1. The quantitative estimate of drug-likeness (QED) is 0.424. The molecular formula is C20H28N4O4. The fourth-order valence-electron chi connectivity index (χ4n) is 2.51. The number of nitrogens with one attached hydrogen (secondary N) is 3. The third-order valence-electron chi connectivity index (χ3n) is 3.92. The van der Waals surface area contributed by atoms with E-state index in [9.17, 15) is 4.79 Å². The summed E-state index contributed by atoms with van der Waals surface area (Å²) in [5.74, 6) is 2.53. The summed E-state index contributed by atoms with van der Waals surface area (Å²) in [5, 5.41) is 9.13. The van der Waals surface area contributed by atoms with E-state index in [1.165, 1.54) is 0 Å². The van der Waals surface area contributed by atoms with Gasteiger partial charge in [0.15, 0.2) is 17.5 Å². The Bertz CT molecular complexity index is 760. The van der Waals surface area contributed by atoms with Crippen LogP contribution in [0.25, 0.3) is 0 Å². The van der Waals surface area contributed by atoms with E-state index in [4.69, 9.17) is 13.9 Å². The molecule has 8 nitrogen and oxygen atoms in total. The lowest BCUT2D eigenvalue weighted by molar-refractivity contribution is -0.119. The van der Waals surface area contributed by atoms with Crippen molar-refractivity contribution in [2.45, 2.75) is 19.9 Å². The molecule has 1 heterocycles. The molecule has 0 fully saturated rings. The minimum absolute atomic E-state index is 0.0341. The zero-order valence-corrected chi connectivity index (χ0v) is 16.6. The number of rotatable bonds is 10. The molecule has 2 rings (SSSR count). The van der Waals surface area contributed by atoms with Crippen molar-refractivity contribution >= 4 is 11.9 Å². The highest BCUT2D eigenvalue weighted by Crippen LogP contribution is 2.27. The molecule has 0 bridgehead atoms. The molecule has 0 radical (unpaired) electrons. The Morgan fingerprint density at radius 3 is 2.61 bits per heavy atom.